The zero-order valence-electron chi connectivity index (χ0n) is 8.42. The van der Waals surface area contributed by atoms with Crippen LogP contribution in [0.5, 0.6) is 0 Å². The van der Waals surface area contributed by atoms with E-state index >= 15 is 0 Å². The van der Waals surface area contributed by atoms with Gasteiger partial charge in [-0.25, -0.2) is 0 Å². The zero-order valence-corrected chi connectivity index (χ0v) is 8.42. The summed E-state index contributed by atoms with van der Waals surface area (Å²) < 4.78 is 5.05. The third-order valence-corrected chi connectivity index (χ3v) is 2.09. The molecular weight excluding hydrogens is 192 g/mol. The molecule has 0 amide bonds. The van der Waals surface area contributed by atoms with Gasteiger partial charge in [0.2, 0.25) is 11.7 Å². The van der Waals surface area contributed by atoms with Crippen LogP contribution in [0.3, 0.4) is 0 Å². The minimum Gasteiger partial charge on any atom is -0.337 e. The molecule has 0 spiro atoms. The van der Waals surface area contributed by atoms with E-state index < -0.39 is 0 Å². The maximum atomic E-state index is 5.77. The van der Waals surface area contributed by atoms with Gasteiger partial charge >= 0.3 is 0 Å². The van der Waals surface area contributed by atoms with Crippen molar-refractivity contribution < 1.29 is 4.52 Å². The van der Waals surface area contributed by atoms with E-state index in [4.69, 9.17) is 10.3 Å². The fourth-order valence-corrected chi connectivity index (χ4v) is 1.16. The van der Waals surface area contributed by atoms with Gasteiger partial charge in [0, 0.05) is 6.20 Å². The average Bonchev–Trinajstić information content (AvgIpc) is 2.78. The summed E-state index contributed by atoms with van der Waals surface area (Å²) in [6.45, 7) is 1.97. The first-order valence-electron chi connectivity index (χ1n) is 4.82. The van der Waals surface area contributed by atoms with Gasteiger partial charge in [0.1, 0.15) is 5.69 Å². The lowest BCUT2D eigenvalue weighted by molar-refractivity contribution is 0.352. The van der Waals surface area contributed by atoms with Crippen molar-refractivity contribution in [3.05, 3.63) is 30.3 Å². The summed E-state index contributed by atoms with van der Waals surface area (Å²) in [6, 6.07) is 5.34. The molecule has 0 radical (unpaired) electrons. The van der Waals surface area contributed by atoms with Gasteiger partial charge in [0.05, 0.1) is 6.04 Å². The van der Waals surface area contributed by atoms with Crippen LogP contribution >= 0.6 is 0 Å². The maximum Gasteiger partial charge on any atom is 0.243 e. The van der Waals surface area contributed by atoms with Gasteiger partial charge in [-0.2, -0.15) is 4.98 Å². The summed E-state index contributed by atoms with van der Waals surface area (Å²) in [5, 5.41) is 3.83. The van der Waals surface area contributed by atoms with Gasteiger partial charge in [0.15, 0.2) is 0 Å². The van der Waals surface area contributed by atoms with Gasteiger partial charge < -0.3 is 10.3 Å². The second-order valence-electron chi connectivity index (χ2n) is 3.19. The minimum atomic E-state index is -0.199. The molecule has 2 aromatic heterocycles. The first kappa shape index (κ1) is 9.79. The molecule has 2 N–H and O–H groups in total. The Morgan fingerprint density at radius 3 is 3.00 bits per heavy atom. The fraction of sp³-hybridized carbons (Fsp3) is 0.300. The van der Waals surface area contributed by atoms with Crippen molar-refractivity contribution in [1.82, 2.24) is 15.1 Å². The summed E-state index contributed by atoms with van der Waals surface area (Å²) in [4.78, 5) is 8.31. The lowest BCUT2D eigenvalue weighted by Gasteiger charge is -1.98. The largest absolute Gasteiger partial charge is 0.337 e. The number of pyridine rings is 1. The SMILES string of the molecule is CCC(N)c1nc(-c2ccccn2)no1. The quantitative estimate of drug-likeness (QED) is 0.820. The number of hydrogen-bond acceptors (Lipinski definition) is 5. The van der Waals surface area contributed by atoms with Crippen LogP contribution < -0.4 is 5.73 Å². The van der Waals surface area contributed by atoms with E-state index in [1.54, 1.807) is 6.20 Å². The maximum absolute atomic E-state index is 5.77. The highest BCUT2D eigenvalue weighted by molar-refractivity contribution is 5.47. The Morgan fingerprint density at radius 2 is 2.33 bits per heavy atom. The van der Waals surface area contributed by atoms with E-state index in [-0.39, 0.29) is 6.04 Å². The van der Waals surface area contributed by atoms with Crippen molar-refractivity contribution in [3.8, 4) is 11.5 Å². The molecule has 0 fully saturated rings. The summed E-state index contributed by atoms with van der Waals surface area (Å²) in [5.41, 5.74) is 6.46. The Balaban J connectivity index is 2.28. The second kappa shape index (κ2) is 4.18. The highest BCUT2D eigenvalue weighted by Crippen LogP contribution is 2.16. The fourth-order valence-electron chi connectivity index (χ4n) is 1.16. The van der Waals surface area contributed by atoms with E-state index in [9.17, 15) is 0 Å². The van der Waals surface area contributed by atoms with Gasteiger partial charge in [0.25, 0.3) is 0 Å². The van der Waals surface area contributed by atoms with Crippen LogP contribution in [0.25, 0.3) is 11.5 Å². The highest BCUT2D eigenvalue weighted by atomic mass is 16.5. The third-order valence-electron chi connectivity index (χ3n) is 2.09. The van der Waals surface area contributed by atoms with Gasteiger partial charge in [-0.05, 0) is 18.6 Å². The number of hydrogen-bond donors (Lipinski definition) is 1. The van der Waals surface area contributed by atoms with Crippen LogP contribution in [0, 0.1) is 0 Å². The second-order valence-corrected chi connectivity index (χ2v) is 3.19. The van der Waals surface area contributed by atoms with Crippen LogP contribution in [0.2, 0.25) is 0 Å². The molecule has 5 heteroatoms. The van der Waals surface area contributed by atoms with Crippen LogP contribution in [0.15, 0.2) is 28.9 Å². The Labute approximate surface area is 87.3 Å². The standard InChI is InChI=1S/C10H12N4O/c1-2-7(11)10-13-9(14-15-10)8-5-3-4-6-12-8/h3-7H,2,11H2,1H3. The third kappa shape index (κ3) is 2.02. The van der Waals surface area contributed by atoms with Gasteiger partial charge in [-0.1, -0.05) is 18.1 Å². The molecule has 0 saturated carbocycles. The van der Waals surface area contributed by atoms with Crippen LogP contribution in [-0.4, -0.2) is 15.1 Å². The molecule has 0 aliphatic heterocycles. The molecule has 0 aliphatic carbocycles. The van der Waals surface area contributed by atoms with Crippen LogP contribution in [-0.2, 0) is 0 Å². The van der Waals surface area contributed by atoms with Crippen LogP contribution in [0.4, 0.5) is 0 Å². The van der Waals surface area contributed by atoms with Crippen LogP contribution in [0.1, 0.15) is 25.3 Å². The number of aromatic nitrogens is 3. The molecule has 0 aromatic carbocycles. The molecule has 1 atom stereocenters. The normalized spacial score (nSPS) is 12.7. The molecule has 1 unspecified atom stereocenters. The molecule has 78 valence electrons. The van der Waals surface area contributed by atoms with Crippen molar-refractivity contribution in [2.45, 2.75) is 19.4 Å². The van der Waals surface area contributed by atoms with E-state index in [1.165, 1.54) is 0 Å². The highest BCUT2D eigenvalue weighted by Gasteiger charge is 2.13. The Hall–Kier alpha value is -1.75. The first-order chi connectivity index (χ1) is 7.31. The van der Waals surface area contributed by atoms with Crippen molar-refractivity contribution >= 4 is 0 Å². The average molecular weight is 204 g/mol. The van der Waals surface area contributed by atoms with Crippen molar-refractivity contribution in [3.63, 3.8) is 0 Å². The molecule has 2 aromatic rings. The van der Waals surface area contributed by atoms with E-state index in [1.807, 2.05) is 25.1 Å². The van der Waals surface area contributed by atoms with Crippen molar-refractivity contribution in [1.29, 1.82) is 0 Å². The molecule has 2 rings (SSSR count). The van der Waals surface area contributed by atoms with Gasteiger partial charge in [-0.3, -0.25) is 4.98 Å². The molecule has 15 heavy (non-hydrogen) atoms. The summed E-state index contributed by atoms with van der Waals surface area (Å²) in [6.07, 6.45) is 2.45. The Morgan fingerprint density at radius 1 is 1.47 bits per heavy atom. The smallest absolute Gasteiger partial charge is 0.243 e. The molecule has 5 nitrogen and oxygen atoms in total. The number of nitrogens with two attached hydrogens (primary N) is 1. The van der Waals surface area contributed by atoms with E-state index in [0.717, 1.165) is 6.42 Å². The summed E-state index contributed by atoms with van der Waals surface area (Å²) >= 11 is 0. The Kier molecular flexibility index (Phi) is 2.73. The topological polar surface area (TPSA) is 77.8 Å². The predicted octanol–water partition coefficient (Wildman–Crippen LogP) is 1.54. The minimum absolute atomic E-state index is 0.199. The molecule has 0 saturated heterocycles. The molecule has 0 bridgehead atoms. The van der Waals surface area contributed by atoms with E-state index in [0.29, 0.717) is 17.4 Å². The first-order valence-corrected chi connectivity index (χ1v) is 4.82. The molecular formula is C10H12N4O. The number of rotatable bonds is 3. The number of nitrogens with zero attached hydrogens (tertiary/aromatic N) is 3. The predicted molar refractivity (Wildman–Crippen MR) is 54.7 cm³/mol. The lowest BCUT2D eigenvalue weighted by Crippen LogP contribution is -2.08. The van der Waals surface area contributed by atoms with Gasteiger partial charge in [-0.15, -0.1) is 0 Å². The summed E-state index contributed by atoms with van der Waals surface area (Å²) in [7, 11) is 0. The van der Waals surface area contributed by atoms with E-state index in [2.05, 4.69) is 15.1 Å². The zero-order chi connectivity index (χ0) is 10.7. The summed E-state index contributed by atoms with van der Waals surface area (Å²) in [5.74, 6) is 0.938. The van der Waals surface area contributed by atoms with Crippen molar-refractivity contribution in [2.24, 2.45) is 5.73 Å². The molecule has 2 heterocycles. The Bertz CT molecular complexity index is 426. The lowest BCUT2D eigenvalue weighted by atomic mass is 10.2. The monoisotopic (exact) mass is 204 g/mol. The molecule has 0 aliphatic rings. The van der Waals surface area contributed by atoms with Crippen molar-refractivity contribution in [2.75, 3.05) is 0 Å².